The third-order valence-electron chi connectivity index (χ3n) is 1.30. The van der Waals surface area contributed by atoms with Gasteiger partial charge in [0.2, 0.25) is 0 Å². The number of aliphatic carboxylic acids is 2. The monoisotopic (exact) mass is 345 g/mol. The first kappa shape index (κ1) is 17.6. The molecule has 0 saturated heterocycles. The topological polar surface area (TPSA) is 80.3 Å². The predicted molar refractivity (Wildman–Crippen MR) is 24.9 cm³/mol. The molecular weight excluding hydrogens is 346 g/mol. The summed E-state index contributed by atoms with van der Waals surface area (Å²) in [5.41, 5.74) is 0. The minimum atomic E-state index is -6.66. The van der Waals surface area contributed by atoms with E-state index in [4.69, 9.17) is 0 Å². The number of alkyl halides is 6. The Morgan fingerprint density at radius 3 is 1.06 bits per heavy atom. The first-order valence-electron chi connectivity index (χ1n) is 2.95. The molecular formula is C5AgF6O4-2. The molecule has 0 aliphatic rings. The predicted octanol–water partition coefficient (Wildman–Crippen LogP) is -1.61. The van der Waals surface area contributed by atoms with Gasteiger partial charge in [-0.25, -0.2) is 0 Å². The molecule has 0 amide bonds. The van der Waals surface area contributed by atoms with Crippen LogP contribution in [0.4, 0.5) is 26.3 Å². The zero-order valence-corrected chi connectivity index (χ0v) is 8.18. The molecule has 1 radical (unpaired) electrons. The van der Waals surface area contributed by atoms with Gasteiger partial charge in [0.05, 0.1) is 0 Å². The molecule has 16 heavy (non-hydrogen) atoms. The van der Waals surface area contributed by atoms with E-state index in [9.17, 15) is 46.1 Å². The second-order valence-corrected chi connectivity index (χ2v) is 2.30. The van der Waals surface area contributed by atoms with Crippen molar-refractivity contribution < 1.29 is 68.5 Å². The molecule has 0 heterocycles. The van der Waals surface area contributed by atoms with Gasteiger partial charge in [-0.3, -0.25) is 0 Å². The molecule has 11 heteroatoms. The van der Waals surface area contributed by atoms with Gasteiger partial charge >= 0.3 is 17.8 Å². The smallest absolute Gasteiger partial charge is 0.383 e. The Kier molecular flexibility index (Phi) is 5.11. The summed E-state index contributed by atoms with van der Waals surface area (Å²) in [4.78, 5) is 18.9. The maximum absolute atomic E-state index is 12.1. The second kappa shape index (κ2) is 4.63. The molecule has 0 aliphatic heterocycles. The molecule has 0 rings (SSSR count). The van der Waals surface area contributed by atoms with Crippen LogP contribution < -0.4 is 10.2 Å². The number of carbonyl (C=O) groups excluding carboxylic acids is 2. The van der Waals surface area contributed by atoms with Crippen LogP contribution in [0.2, 0.25) is 0 Å². The van der Waals surface area contributed by atoms with Gasteiger partial charge in [-0.15, -0.1) is 0 Å². The van der Waals surface area contributed by atoms with Crippen LogP contribution in [0.3, 0.4) is 0 Å². The fourth-order valence-corrected chi connectivity index (χ4v) is 0.454. The fourth-order valence-electron chi connectivity index (χ4n) is 0.454. The molecule has 0 saturated carbocycles. The van der Waals surface area contributed by atoms with Crippen molar-refractivity contribution in [3.8, 4) is 0 Å². The van der Waals surface area contributed by atoms with Gasteiger partial charge in [0.15, 0.2) is 0 Å². The van der Waals surface area contributed by atoms with Crippen LogP contribution in [0.1, 0.15) is 0 Å². The first-order chi connectivity index (χ1) is 6.39. The Morgan fingerprint density at radius 1 is 0.750 bits per heavy atom. The summed E-state index contributed by atoms with van der Waals surface area (Å²) in [6.07, 6.45) is 0. The van der Waals surface area contributed by atoms with Crippen LogP contribution in [-0.4, -0.2) is 29.7 Å². The molecule has 0 fully saturated rings. The summed E-state index contributed by atoms with van der Waals surface area (Å²) in [6, 6.07) is 0. The maximum atomic E-state index is 12.1. The van der Waals surface area contributed by atoms with E-state index in [0.29, 0.717) is 0 Å². The molecule has 0 aromatic rings. The first-order valence-corrected chi connectivity index (χ1v) is 2.95. The Morgan fingerprint density at radius 2 is 0.938 bits per heavy atom. The van der Waals surface area contributed by atoms with Crippen LogP contribution in [-0.2, 0) is 32.0 Å². The zero-order chi connectivity index (χ0) is 12.7. The van der Waals surface area contributed by atoms with E-state index in [1.54, 1.807) is 0 Å². The Bertz CT molecular complexity index is 275. The zero-order valence-electron chi connectivity index (χ0n) is 6.70. The number of rotatable bonds is 4. The Labute approximate surface area is 98.7 Å². The van der Waals surface area contributed by atoms with Gasteiger partial charge in [0, 0.05) is 22.4 Å². The molecule has 99 valence electrons. The van der Waals surface area contributed by atoms with E-state index < -0.39 is 29.7 Å². The van der Waals surface area contributed by atoms with Gasteiger partial charge in [0.1, 0.15) is 11.9 Å². The molecule has 4 nitrogen and oxygen atoms in total. The summed E-state index contributed by atoms with van der Waals surface area (Å²) < 4.78 is 72.3. The molecule has 0 aromatic carbocycles. The fraction of sp³-hybridized carbons (Fsp3) is 0.600. The number of carboxylic acid groups (broad SMARTS) is 2. The third kappa shape index (κ3) is 2.33. The normalized spacial score (nSPS) is 12.9. The molecule has 0 spiro atoms. The van der Waals surface area contributed by atoms with E-state index >= 15 is 0 Å². The van der Waals surface area contributed by atoms with Gasteiger partial charge < -0.3 is 19.8 Å². The van der Waals surface area contributed by atoms with Crippen LogP contribution in [0.25, 0.3) is 0 Å². The summed E-state index contributed by atoms with van der Waals surface area (Å²) in [7, 11) is 0. The van der Waals surface area contributed by atoms with Crippen LogP contribution in [0.15, 0.2) is 0 Å². The summed E-state index contributed by atoms with van der Waals surface area (Å²) in [6.45, 7) is 0. The van der Waals surface area contributed by atoms with Gasteiger partial charge in [0.25, 0.3) is 0 Å². The second-order valence-electron chi connectivity index (χ2n) is 2.30. The quantitative estimate of drug-likeness (QED) is 0.453. The molecule has 0 aliphatic carbocycles. The minimum Gasteiger partial charge on any atom is -0.544 e. The van der Waals surface area contributed by atoms with Gasteiger partial charge in [-0.2, -0.15) is 26.3 Å². The maximum Gasteiger partial charge on any atom is 0.383 e. The van der Waals surface area contributed by atoms with Crippen molar-refractivity contribution in [2.45, 2.75) is 17.8 Å². The average molecular weight is 346 g/mol. The summed E-state index contributed by atoms with van der Waals surface area (Å²) >= 11 is 0. The third-order valence-corrected chi connectivity index (χ3v) is 1.30. The Balaban J connectivity index is 0. The largest absolute Gasteiger partial charge is 0.544 e. The van der Waals surface area contributed by atoms with Crippen LogP contribution in [0.5, 0.6) is 0 Å². The Hall–Kier alpha value is -0.740. The van der Waals surface area contributed by atoms with Crippen molar-refractivity contribution in [3.05, 3.63) is 0 Å². The number of carboxylic acids is 2. The van der Waals surface area contributed by atoms with E-state index in [0.717, 1.165) is 0 Å². The van der Waals surface area contributed by atoms with Crippen molar-refractivity contribution >= 4 is 11.9 Å². The standard InChI is InChI=1S/C5H2F6O4.Ag/c6-3(7,1(12)13)5(10,11)4(8,9)2(14)15;/h(H,12,13)(H,14,15);/p-2. The molecule has 0 aromatic heterocycles. The molecule has 0 unspecified atom stereocenters. The van der Waals surface area contributed by atoms with Crippen LogP contribution in [0, 0.1) is 0 Å². The number of hydrogen-bond donors (Lipinski definition) is 0. The van der Waals surface area contributed by atoms with E-state index in [2.05, 4.69) is 0 Å². The van der Waals surface area contributed by atoms with E-state index in [-0.39, 0.29) is 22.4 Å². The molecule has 0 bridgehead atoms. The van der Waals surface area contributed by atoms with E-state index in [1.807, 2.05) is 0 Å². The molecule has 0 N–H and O–H groups in total. The average Bonchev–Trinajstić information content (AvgIpc) is 2.02. The number of hydrogen-bond acceptors (Lipinski definition) is 4. The van der Waals surface area contributed by atoms with Gasteiger partial charge in [-0.05, 0) is 0 Å². The van der Waals surface area contributed by atoms with Crippen molar-refractivity contribution in [1.29, 1.82) is 0 Å². The summed E-state index contributed by atoms with van der Waals surface area (Å²) in [5, 5.41) is 18.9. The SMILES string of the molecule is O=C([O-])C(F)(F)C(F)(F)C(F)(F)C(=O)[O-].[Ag]. The molecule has 0 atom stereocenters. The van der Waals surface area contributed by atoms with E-state index in [1.165, 1.54) is 0 Å². The van der Waals surface area contributed by atoms with Crippen molar-refractivity contribution in [2.75, 3.05) is 0 Å². The summed E-state index contributed by atoms with van der Waals surface area (Å²) in [5.74, 6) is -27.0. The van der Waals surface area contributed by atoms with Crippen molar-refractivity contribution in [3.63, 3.8) is 0 Å². The minimum absolute atomic E-state index is 0. The number of carbonyl (C=O) groups is 2. The number of halogens is 6. The van der Waals surface area contributed by atoms with Crippen molar-refractivity contribution in [2.24, 2.45) is 0 Å². The van der Waals surface area contributed by atoms with Crippen molar-refractivity contribution in [1.82, 2.24) is 0 Å². The van der Waals surface area contributed by atoms with Crippen LogP contribution >= 0.6 is 0 Å². The van der Waals surface area contributed by atoms with Gasteiger partial charge in [-0.1, -0.05) is 0 Å².